The average molecular weight is 639 g/mol. The summed E-state index contributed by atoms with van der Waals surface area (Å²) in [7, 11) is 4.35. The number of benzene rings is 2. The monoisotopic (exact) mass is 638 g/mol. The molecular weight excluding hydrogens is 606 g/mol. The molecule has 46 heavy (non-hydrogen) atoms. The molecule has 0 saturated heterocycles. The van der Waals surface area contributed by atoms with Gasteiger partial charge in [-0.3, -0.25) is 20.1 Å². The first-order valence-electron chi connectivity index (χ1n) is 14.1. The molecule has 0 bridgehead atoms. The van der Waals surface area contributed by atoms with Gasteiger partial charge in [0.2, 0.25) is 11.6 Å². The van der Waals surface area contributed by atoms with Gasteiger partial charge in [0.25, 0.3) is 5.88 Å². The fourth-order valence-corrected chi connectivity index (χ4v) is 5.54. The summed E-state index contributed by atoms with van der Waals surface area (Å²) < 4.78 is 51.9. The smallest absolute Gasteiger partial charge is 0.331 e. The van der Waals surface area contributed by atoms with Crippen molar-refractivity contribution in [3.05, 3.63) is 65.4 Å². The van der Waals surface area contributed by atoms with Gasteiger partial charge in [-0.1, -0.05) is 0 Å². The van der Waals surface area contributed by atoms with E-state index >= 15 is 8.78 Å². The molecule has 1 fully saturated rings. The van der Waals surface area contributed by atoms with Crippen molar-refractivity contribution in [3.8, 4) is 28.9 Å². The quantitative estimate of drug-likeness (QED) is 0.142. The molecule has 2 heterocycles. The first kappa shape index (κ1) is 32.1. The van der Waals surface area contributed by atoms with Crippen LogP contribution in [0.4, 0.5) is 14.5 Å². The molecule has 5 N–H and O–H groups in total. The molecule has 2 aromatic carbocycles. The van der Waals surface area contributed by atoms with Gasteiger partial charge in [-0.2, -0.15) is 4.39 Å². The molecule has 3 unspecified atom stereocenters. The van der Waals surface area contributed by atoms with E-state index in [2.05, 4.69) is 15.3 Å². The Morgan fingerprint density at radius 2 is 1.91 bits per heavy atom. The zero-order valence-corrected chi connectivity index (χ0v) is 25.2. The molecule has 1 saturated carbocycles. The predicted molar refractivity (Wildman–Crippen MR) is 161 cm³/mol. The van der Waals surface area contributed by atoms with Crippen LogP contribution in [0.25, 0.3) is 0 Å². The number of ether oxygens (including phenoxy) is 4. The van der Waals surface area contributed by atoms with E-state index in [0.717, 1.165) is 0 Å². The van der Waals surface area contributed by atoms with Gasteiger partial charge in [0, 0.05) is 29.6 Å². The van der Waals surface area contributed by atoms with Crippen LogP contribution in [0.5, 0.6) is 28.9 Å². The van der Waals surface area contributed by atoms with Crippen molar-refractivity contribution < 1.29 is 42.4 Å². The summed E-state index contributed by atoms with van der Waals surface area (Å²) >= 11 is 0. The molecule has 0 spiro atoms. The summed E-state index contributed by atoms with van der Waals surface area (Å²) in [5.74, 6) is -6.39. The maximum atomic E-state index is 15.7. The number of methoxy groups -OCH3 is 2. The van der Waals surface area contributed by atoms with Crippen molar-refractivity contribution in [2.45, 2.75) is 31.0 Å². The highest BCUT2D eigenvalue weighted by atomic mass is 19.1. The number of nitrogens with zero attached hydrogens (tertiary/aromatic N) is 3. The number of carbonyl (C=O) groups is 2. The third kappa shape index (κ3) is 6.26. The average Bonchev–Trinajstić information content (AvgIpc) is 3.68. The van der Waals surface area contributed by atoms with Gasteiger partial charge < -0.3 is 35.1 Å². The molecule has 1 aliphatic carbocycles. The van der Waals surface area contributed by atoms with Crippen molar-refractivity contribution in [1.82, 2.24) is 9.88 Å². The van der Waals surface area contributed by atoms with Crippen LogP contribution < -0.4 is 20.5 Å². The van der Waals surface area contributed by atoms with Crippen LogP contribution in [0.2, 0.25) is 0 Å². The van der Waals surface area contributed by atoms with Crippen LogP contribution in [0, 0.1) is 23.0 Å². The van der Waals surface area contributed by atoms with Gasteiger partial charge >= 0.3 is 11.9 Å². The van der Waals surface area contributed by atoms with Gasteiger partial charge in [0.15, 0.2) is 17.3 Å². The number of nitrogens with two attached hydrogens (primary N) is 1. The summed E-state index contributed by atoms with van der Waals surface area (Å²) in [4.78, 5) is 35.2. The third-order valence-electron chi connectivity index (χ3n) is 7.92. The Labute approximate surface area is 262 Å². The summed E-state index contributed by atoms with van der Waals surface area (Å²) in [5, 5.41) is 21.0. The van der Waals surface area contributed by atoms with Crippen molar-refractivity contribution in [1.29, 1.82) is 5.41 Å². The Morgan fingerprint density at radius 3 is 2.59 bits per heavy atom. The van der Waals surface area contributed by atoms with Gasteiger partial charge in [0.1, 0.15) is 23.3 Å². The van der Waals surface area contributed by atoms with Crippen LogP contribution in [0.15, 0.2) is 47.6 Å². The van der Waals surface area contributed by atoms with Gasteiger partial charge in [0.05, 0.1) is 26.3 Å². The fraction of sp³-hybridized carbons (Fsp3) is 0.323. The van der Waals surface area contributed by atoms with E-state index in [4.69, 9.17) is 30.1 Å². The Kier molecular flexibility index (Phi) is 9.05. The number of aromatic nitrogens is 1. The Balaban J connectivity index is 1.49. The number of esters is 2. The highest BCUT2D eigenvalue weighted by Crippen LogP contribution is 2.43. The number of hydrogen-bond donors (Lipinski definition) is 4. The van der Waals surface area contributed by atoms with E-state index in [-0.39, 0.29) is 29.3 Å². The molecule has 0 amide bonds. The van der Waals surface area contributed by atoms with E-state index in [1.165, 1.54) is 38.5 Å². The number of hydrogen-bond acceptors (Lipinski definition) is 12. The van der Waals surface area contributed by atoms with Crippen LogP contribution in [-0.2, 0) is 19.1 Å². The Morgan fingerprint density at radius 1 is 1.13 bits per heavy atom. The summed E-state index contributed by atoms with van der Waals surface area (Å²) in [6.07, 6.45) is 2.63. The Bertz CT molecular complexity index is 1720. The number of carbonyl (C=O) groups excluding carboxylic acids is 2. The lowest BCUT2D eigenvalue weighted by Crippen LogP contribution is -2.45. The lowest BCUT2D eigenvalue weighted by Gasteiger charge is -2.30. The molecule has 242 valence electrons. The number of phenolic OH excluding ortho intramolecular Hbond substituents is 1. The maximum Gasteiger partial charge on any atom is 0.331 e. The highest BCUT2D eigenvalue weighted by molar-refractivity contribution is 5.95. The van der Waals surface area contributed by atoms with E-state index in [0.29, 0.717) is 36.8 Å². The second-order valence-corrected chi connectivity index (χ2v) is 10.9. The minimum Gasteiger partial charge on any atom is -0.504 e. The van der Waals surface area contributed by atoms with Crippen molar-refractivity contribution in [3.63, 3.8) is 0 Å². The summed E-state index contributed by atoms with van der Waals surface area (Å²) in [5.41, 5.74) is 5.33. The SMILES string of the molecule is COC(=O)C1CCC(Nc2ccc(Oc3c(F)cnc(Oc4cc(C(=N)N)ccc4O)c3F)c(C3N=CCN3C)c2)(C(=O)OC)C1. The number of aliphatic imine (C=N–C) groups is 1. The minimum absolute atomic E-state index is 0.0452. The third-order valence-corrected chi connectivity index (χ3v) is 7.92. The zero-order valence-electron chi connectivity index (χ0n) is 25.2. The van der Waals surface area contributed by atoms with E-state index in [1.807, 2.05) is 4.90 Å². The Hall–Kier alpha value is -5.31. The summed E-state index contributed by atoms with van der Waals surface area (Å²) in [6.45, 7) is 0.494. The molecule has 15 heteroatoms. The van der Waals surface area contributed by atoms with Crippen LogP contribution in [0.1, 0.15) is 36.6 Å². The van der Waals surface area contributed by atoms with Crippen LogP contribution in [0.3, 0.4) is 0 Å². The topological polar surface area (TPSA) is 182 Å². The molecular formula is C31H32F2N6O7. The molecule has 0 radical (unpaired) electrons. The predicted octanol–water partition coefficient (Wildman–Crippen LogP) is 4.25. The number of pyridine rings is 1. The minimum atomic E-state index is -1.30. The summed E-state index contributed by atoms with van der Waals surface area (Å²) in [6, 6.07) is 8.46. The lowest BCUT2D eigenvalue weighted by atomic mass is 9.95. The highest BCUT2D eigenvalue weighted by Gasteiger charge is 2.49. The number of nitrogen functional groups attached to an aromatic ring is 1. The van der Waals surface area contributed by atoms with Gasteiger partial charge in [-0.05, 0) is 62.7 Å². The number of halogens is 2. The number of anilines is 1. The van der Waals surface area contributed by atoms with Crippen LogP contribution >= 0.6 is 0 Å². The number of nitrogens with one attached hydrogen (secondary N) is 2. The zero-order chi connectivity index (χ0) is 33.2. The first-order chi connectivity index (χ1) is 22.0. The van der Waals surface area contributed by atoms with E-state index in [1.54, 1.807) is 25.4 Å². The first-order valence-corrected chi connectivity index (χ1v) is 14.1. The molecule has 3 atom stereocenters. The number of amidine groups is 1. The van der Waals surface area contributed by atoms with E-state index in [9.17, 15) is 14.7 Å². The standard InChI is InChI=1S/C31H32F2N6O7/c1-39-11-10-36-27(39)19-13-18(38-31(30(42)44-3)9-8-17(14-31)29(41)43-2)5-7-22(19)45-25-20(32)15-37-28(24(25)33)46-23-12-16(26(34)35)4-6-21(23)40/h4-7,10,12-13,15,17,27,38,40H,8-9,11,14H2,1-3H3,(H3,34,35). The number of rotatable bonds is 10. The van der Waals surface area contributed by atoms with Crippen molar-refractivity contribution >= 4 is 29.7 Å². The number of phenols is 1. The largest absolute Gasteiger partial charge is 0.504 e. The molecule has 2 aliphatic rings. The number of aromatic hydroxyl groups is 1. The van der Waals surface area contributed by atoms with Crippen molar-refractivity contribution in [2.75, 3.05) is 33.1 Å². The maximum absolute atomic E-state index is 15.7. The second-order valence-electron chi connectivity index (χ2n) is 10.9. The molecule has 1 aromatic heterocycles. The van der Waals surface area contributed by atoms with Crippen LogP contribution in [-0.4, -0.2) is 72.3 Å². The normalized spacial score (nSPS) is 20.7. The molecule has 1 aliphatic heterocycles. The van der Waals surface area contributed by atoms with E-state index < -0.39 is 58.6 Å². The molecule has 3 aromatic rings. The fourth-order valence-electron chi connectivity index (χ4n) is 5.54. The van der Waals surface area contributed by atoms with Gasteiger partial charge in [-0.25, -0.2) is 14.2 Å². The van der Waals surface area contributed by atoms with Gasteiger partial charge in [-0.15, -0.1) is 0 Å². The molecule has 5 rings (SSSR count). The second kappa shape index (κ2) is 13.0. The molecule has 13 nitrogen and oxygen atoms in total. The van der Waals surface area contributed by atoms with Crippen molar-refractivity contribution in [2.24, 2.45) is 16.6 Å². The lowest BCUT2D eigenvalue weighted by molar-refractivity contribution is -0.147.